The first kappa shape index (κ1) is 11.4. The van der Waals surface area contributed by atoms with Gasteiger partial charge in [-0.05, 0) is 24.3 Å². The molecule has 0 heterocycles. The molecule has 1 aromatic carbocycles. The summed E-state index contributed by atoms with van der Waals surface area (Å²) in [4.78, 5) is 21.6. The van der Waals surface area contributed by atoms with E-state index in [2.05, 4.69) is 0 Å². The lowest BCUT2D eigenvalue weighted by Crippen LogP contribution is -2.09. The summed E-state index contributed by atoms with van der Waals surface area (Å²) in [5, 5.41) is 0. The van der Waals surface area contributed by atoms with Gasteiger partial charge in [0, 0.05) is 12.5 Å². The summed E-state index contributed by atoms with van der Waals surface area (Å²) in [6.45, 7) is 1.19. The number of halogens is 1. The Balaban J connectivity index is 0.00000144. The minimum atomic E-state index is -0.588. The molecule has 0 bridgehead atoms. The first-order valence-electron chi connectivity index (χ1n) is 3.42. The van der Waals surface area contributed by atoms with Gasteiger partial charge in [-0.25, -0.2) is 4.39 Å². The fraction of sp³-hybridized carbons (Fsp3) is 0.111. The van der Waals surface area contributed by atoms with Gasteiger partial charge in [0.15, 0.2) is 5.78 Å². The predicted molar refractivity (Wildman–Crippen MR) is 45.0 cm³/mol. The van der Waals surface area contributed by atoms with Crippen LogP contribution in [0.15, 0.2) is 24.3 Å². The normalized spacial score (nSPS) is 8.77. The summed E-state index contributed by atoms with van der Waals surface area (Å²) in [5.41, 5.74) is 0.226. The van der Waals surface area contributed by atoms with Gasteiger partial charge in [-0.1, -0.05) is 0 Å². The van der Waals surface area contributed by atoms with E-state index in [4.69, 9.17) is 0 Å². The van der Waals surface area contributed by atoms with E-state index in [1.54, 1.807) is 0 Å². The highest BCUT2D eigenvalue weighted by atomic mass is 19.1. The maximum atomic E-state index is 12.4. The van der Waals surface area contributed by atoms with Gasteiger partial charge < -0.3 is 5.48 Å². The van der Waals surface area contributed by atoms with Crippen LogP contribution in [-0.2, 0) is 4.79 Å². The fourth-order valence-electron chi connectivity index (χ4n) is 0.805. The highest BCUT2D eigenvalue weighted by molar-refractivity contribution is 6.42. The monoisotopic (exact) mass is 184 g/mol. The van der Waals surface area contributed by atoms with E-state index < -0.39 is 17.4 Å². The van der Waals surface area contributed by atoms with Crippen LogP contribution >= 0.6 is 0 Å². The van der Waals surface area contributed by atoms with Crippen LogP contribution in [0.3, 0.4) is 0 Å². The van der Waals surface area contributed by atoms with Crippen molar-refractivity contribution in [2.75, 3.05) is 0 Å². The fourth-order valence-corrected chi connectivity index (χ4v) is 0.805. The van der Waals surface area contributed by atoms with E-state index >= 15 is 0 Å². The van der Waals surface area contributed by atoms with Crippen LogP contribution in [0.4, 0.5) is 4.39 Å². The minimum Gasteiger partial charge on any atom is -0.412 e. The Morgan fingerprint density at radius 2 is 1.62 bits per heavy atom. The van der Waals surface area contributed by atoms with Crippen molar-refractivity contribution in [3.8, 4) is 0 Å². The van der Waals surface area contributed by atoms with Crippen LogP contribution in [0.1, 0.15) is 17.3 Å². The molecule has 2 N–H and O–H groups in total. The molecule has 0 saturated carbocycles. The lowest BCUT2D eigenvalue weighted by Gasteiger charge is -1.94. The molecule has 0 atom stereocenters. The van der Waals surface area contributed by atoms with Gasteiger partial charge in [-0.3, -0.25) is 9.59 Å². The first-order chi connectivity index (χ1) is 5.61. The average molecular weight is 184 g/mol. The molecule has 0 amide bonds. The third kappa shape index (κ3) is 2.76. The van der Waals surface area contributed by atoms with E-state index in [-0.39, 0.29) is 11.0 Å². The van der Waals surface area contributed by atoms with Crippen molar-refractivity contribution in [3.05, 3.63) is 35.6 Å². The smallest absolute Gasteiger partial charge is 0.228 e. The van der Waals surface area contributed by atoms with E-state index in [0.29, 0.717) is 0 Å². The molecule has 0 aromatic heterocycles. The van der Waals surface area contributed by atoms with Gasteiger partial charge in [0.2, 0.25) is 5.78 Å². The summed E-state index contributed by atoms with van der Waals surface area (Å²) < 4.78 is 12.4. The summed E-state index contributed by atoms with van der Waals surface area (Å²) in [6.07, 6.45) is 0. The van der Waals surface area contributed by atoms with Gasteiger partial charge in [-0.2, -0.15) is 0 Å². The predicted octanol–water partition coefficient (Wildman–Crippen LogP) is 0.773. The Morgan fingerprint density at radius 3 is 2.00 bits per heavy atom. The summed E-state index contributed by atoms with van der Waals surface area (Å²) in [7, 11) is 0. The number of ketones is 2. The van der Waals surface area contributed by atoms with Crippen molar-refractivity contribution >= 4 is 11.6 Å². The largest absolute Gasteiger partial charge is 0.412 e. The number of Topliss-reactive ketones (excluding diaryl/α,β-unsaturated/α-hetero) is 2. The highest BCUT2D eigenvalue weighted by Crippen LogP contribution is 2.03. The molecule has 0 saturated heterocycles. The Kier molecular flexibility index (Phi) is 3.94. The van der Waals surface area contributed by atoms with Crippen LogP contribution in [0.5, 0.6) is 0 Å². The second kappa shape index (κ2) is 4.47. The molecule has 0 aliphatic rings. The molecule has 0 aliphatic carbocycles. The van der Waals surface area contributed by atoms with Crippen molar-refractivity contribution < 1.29 is 19.5 Å². The van der Waals surface area contributed by atoms with E-state index in [1.165, 1.54) is 19.1 Å². The van der Waals surface area contributed by atoms with Crippen LogP contribution < -0.4 is 0 Å². The van der Waals surface area contributed by atoms with Crippen molar-refractivity contribution in [1.29, 1.82) is 0 Å². The molecule has 0 aliphatic heterocycles. The molecule has 0 unspecified atom stereocenters. The molecule has 0 spiro atoms. The minimum absolute atomic E-state index is 0. The number of hydrogen-bond donors (Lipinski definition) is 0. The molecule has 13 heavy (non-hydrogen) atoms. The molecule has 4 heteroatoms. The summed E-state index contributed by atoms with van der Waals surface area (Å²) in [5.74, 6) is -1.55. The number of benzene rings is 1. The maximum Gasteiger partial charge on any atom is 0.228 e. The number of carbonyl (C=O) groups excluding carboxylic acids is 2. The van der Waals surface area contributed by atoms with E-state index in [9.17, 15) is 14.0 Å². The van der Waals surface area contributed by atoms with Gasteiger partial charge >= 0.3 is 0 Å². The van der Waals surface area contributed by atoms with Gasteiger partial charge in [0.05, 0.1) is 0 Å². The maximum absolute atomic E-state index is 12.4. The summed E-state index contributed by atoms with van der Waals surface area (Å²) in [6, 6.07) is 4.88. The van der Waals surface area contributed by atoms with E-state index in [1.807, 2.05) is 0 Å². The molecular weight excluding hydrogens is 175 g/mol. The SMILES string of the molecule is CC(=O)C(=O)c1ccc(F)cc1.O. The number of carbonyl (C=O) groups is 2. The molecular formula is C9H9FO3. The quantitative estimate of drug-likeness (QED) is 0.503. The zero-order valence-electron chi connectivity index (χ0n) is 7.00. The Hall–Kier alpha value is -1.55. The second-order valence-electron chi connectivity index (χ2n) is 2.39. The standard InChI is InChI=1S/C9H7FO2.H2O/c1-6(11)9(12)7-2-4-8(10)5-3-7;/h2-5H,1H3;1H2. The average Bonchev–Trinajstić information content (AvgIpc) is 2.04. The van der Waals surface area contributed by atoms with Crippen LogP contribution in [0.2, 0.25) is 0 Å². The lowest BCUT2D eigenvalue weighted by atomic mass is 10.1. The third-order valence-electron chi connectivity index (χ3n) is 1.43. The number of rotatable bonds is 2. The zero-order chi connectivity index (χ0) is 9.14. The third-order valence-corrected chi connectivity index (χ3v) is 1.43. The highest BCUT2D eigenvalue weighted by Gasteiger charge is 2.09. The Morgan fingerprint density at radius 1 is 1.15 bits per heavy atom. The van der Waals surface area contributed by atoms with E-state index in [0.717, 1.165) is 12.1 Å². The van der Waals surface area contributed by atoms with Crippen molar-refractivity contribution in [2.24, 2.45) is 0 Å². The zero-order valence-corrected chi connectivity index (χ0v) is 7.00. The molecule has 70 valence electrons. The number of hydrogen-bond acceptors (Lipinski definition) is 2. The Labute approximate surface area is 74.5 Å². The molecule has 0 radical (unpaired) electrons. The lowest BCUT2D eigenvalue weighted by molar-refractivity contribution is -0.113. The summed E-state index contributed by atoms with van der Waals surface area (Å²) >= 11 is 0. The molecule has 1 rings (SSSR count). The van der Waals surface area contributed by atoms with Crippen molar-refractivity contribution in [3.63, 3.8) is 0 Å². The second-order valence-corrected chi connectivity index (χ2v) is 2.39. The van der Waals surface area contributed by atoms with Gasteiger partial charge in [0.25, 0.3) is 0 Å². The van der Waals surface area contributed by atoms with Crippen molar-refractivity contribution in [1.82, 2.24) is 0 Å². The first-order valence-corrected chi connectivity index (χ1v) is 3.42. The molecule has 3 nitrogen and oxygen atoms in total. The Bertz CT molecular complexity index is 316. The van der Waals surface area contributed by atoms with Gasteiger partial charge in [0.1, 0.15) is 5.82 Å². The van der Waals surface area contributed by atoms with Gasteiger partial charge in [-0.15, -0.1) is 0 Å². The topological polar surface area (TPSA) is 65.6 Å². The van der Waals surface area contributed by atoms with Crippen molar-refractivity contribution in [2.45, 2.75) is 6.92 Å². The molecule has 1 aromatic rings. The van der Waals surface area contributed by atoms with Crippen LogP contribution in [-0.4, -0.2) is 17.0 Å². The van der Waals surface area contributed by atoms with Crippen LogP contribution in [0.25, 0.3) is 0 Å². The van der Waals surface area contributed by atoms with Crippen LogP contribution in [0, 0.1) is 5.82 Å². The molecule has 0 fully saturated rings.